The van der Waals surface area contributed by atoms with Gasteiger partial charge in [-0.2, -0.15) is 0 Å². The summed E-state index contributed by atoms with van der Waals surface area (Å²) in [5.74, 6) is 1.79. The zero-order valence-electron chi connectivity index (χ0n) is 9.67. The first-order valence-corrected chi connectivity index (χ1v) is 6.43. The smallest absolute Gasteiger partial charge is 0.187 e. The van der Waals surface area contributed by atoms with Gasteiger partial charge in [-0.3, -0.25) is 0 Å². The minimum absolute atomic E-state index is 0.660. The second kappa shape index (κ2) is 6.25. The molecule has 0 aliphatic heterocycles. The standard InChI is InChI=1S/C13H14N2OS/c1-11-5-2-3-6-12(11)16-9-10-17-13-14-7-4-8-15-13/h2-8H,9-10H2,1H3. The highest BCUT2D eigenvalue weighted by Crippen LogP contribution is 2.17. The summed E-state index contributed by atoms with van der Waals surface area (Å²) in [5.41, 5.74) is 1.16. The van der Waals surface area contributed by atoms with Crippen LogP contribution in [-0.2, 0) is 0 Å². The van der Waals surface area contributed by atoms with Crippen LogP contribution in [0.25, 0.3) is 0 Å². The summed E-state index contributed by atoms with van der Waals surface area (Å²) >= 11 is 1.60. The Morgan fingerprint density at radius 3 is 2.65 bits per heavy atom. The van der Waals surface area contributed by atoms with Gasteiger partial charge in [0, 0.05) is 18.1 Å². The van der Waals surface area contributed by atoms with Crippen LogP contribution in [0.1, 0.15) is 5.56 Å². The fourth-order valence-corrected chi connectivity index (χ4v) is 1.98. The molecule has 0 saturated heterocycles. The van der Waals surface area contributed by atoms with Crippen LogP contribution >= 0.6 is 11.8 Å². The first-order valence-electron chi connectivity index (χ1n) is 5.44. The van der Waals surface area contributed by atoms with Gasteiger partial charge in [-0.05, 0) is 24.6 Å². The third-order valence-corrected chi connectivity index (χ3v) is 3.05. The van der Waals surface area contributed by atoms with Gasteiger partial charge in [-0.15, -0.1) is 0 Å². The molecule has 0 atom stereocenters. The first-order chi connectivity index (χ1) is 8.36. The monoisotopic (exact) mass is 246 g/mol. The van der Waals surface area contributed by atoms with Crippen molar-refractivity contribution in [2.45, 2.75) is 12.1 Å². The quantitative estimate of drug-likeness (QED) is 0.461. The molecule has 0 N–H and O–H groups in total. The van der Waals surface area contributed by atoms with Crippen LogP contribution in [-0.4, -0.2) is 22.3 Å². The molecule has 0 amide bonds. The van der Waals surface area contributed by atoms with Crippen molar-refractivity contribution >= 4 is 11.8 Å². The summed E-state index contributed by atoms with van der Waals surface area (Å²) in [7, 11) is 0. The summed E-state index contributed by atoms with van der Waals surface area (Å²) in [5, 5.41) is 0.792. The molecule has 0 aliphatic rings. The molecule has 1 heterocycles. The highest BCUT2D eigenvalue weighted by Gasteiger charge is 1.99. The lowest BCUT2D eigenvalue weighted by atomic mass is 10.2. The molecule has 17 heavy (non-hydrogen) atoms. The molecule has 0 fully saturated rings. The molecule has 0 spiro atoms. The van der Waals surface area contributed by atoms with Crippen molar-refractivity contribution in [3.63, 3.8) is 0 Å². The normalized spacial score (nSPS) is 10.2. The van der Waals surface area contributed by atoms with E-state index in [1.807, 2.05) is 37.3 Å². The Hall–Kier alpha value is -1.55. The number of thioether (sulfide) groups is 1. The molecule has 1 aromatic carbocycles. The number of aryl methyl sites for hydroxylation is 1. The van der Waals surface area contributed by atoms with Crippen molar-refractivity contribution < 1.29 is 4.74 Å². The molecule has 1 aromatic heterocycles. The third-order valence-electron chi connectivity index (χ3n) is 2.21. The summed E-state index contributed by atoms with van der Waals surface area (Å²) in [6, 6.07) is 9.83. The molecular formula is C13H14N2OS. The molecule has 0 unspecified atom stereocenters. The van der Waals surface area contributed by atoms with E-state index < -0.39 is 0 Å². The van der Waals surface area contributed by atoms with E-state index in [0.717, 1.165) is 22.2 Å². The van der Waals surface area contributed by atoms with E-state index in [-0.39, 0.29) is 0 Å². The maximum Gasteiger partial charge on any atom is 0.187 e. The first kappa shape index (κ1) is 11.9. The molecule has 4 heteroatoms. The van der Waals surface area contributed by atoms with Gasteiger partial charge >= 0.3 is 0 Å². The Balaban J connectivity index is 1.76. The SMILES string of the molecule is Cc1ccccc1OCCSc1ncccn1. The minimum Gasteiger partial charge on any atom is -0.492 e. The maximum atomic E-state index is 5.68. The molecule has 88 valence electrons. The van der Waals surface area contributed by atoms with Crippen LogP contribution < -0.4 is 4.74 Å². The Morgan fingerprint density at radius 1 is 1.12 bits per heavy atom. The summed E-state index contributed by atoms with van der Waals surface area (Å²) in [6.45, 7) is 2.70. The van der Waals surface area contributed by atoms with Crippen LogP contribution in [0.15, 0.2) is 47.9 Å². The molecule has 3 nitrogen and oxygen atoms in total. The van der Waals surface area contributed by atoms with Gasteiger partial charge in [0.15, 0.2) is 5.16 Å². The second-order valence-electron chi connectivity index (χ2n) is 3.49. The fourth-order valence-electron chi connectivity index (χ4n) is 1.36. The van der Waals surface area contributed by atoms with E-state index in [9.17, 15) is 0 Å². The van der Waals surface area contributed by atoms with Gasteiger partial charge in [0.25, 0.3) is 0 Å². The van der Waals surface area contributed by atoms with E-state index in [2.05, 4.69) is 9.97 Å². The predicted molar refractivity (Wildman–Crippen MR) is 69.4 cm³/mol. The minimum atomic E-state index is 0.660. The third kappa shape index (κ3) is 3.75. The molecule has 0 saturated carbocycles. The number of hydrogen-bond acceptors (Lipinski definition) is 4. The number of para-hydroxylation sites is 1. The lowest BCUT2D eigenvalue weighted by molar-refractivity contribution is 0.341. The molecule has 0 radical (unpaired) electrons. The van der Waals surface area contributed by atoms with Crippen LogP contribution in [0.4, 0.5) is 0 Å². The molecule has 0 bridgehead atoms. The molecular weight excluding hydrogens is 232 g/mol. The predicted octanol–water partition coefficient (Wildman–Crippen LogP) is 2.96. The van der Waals surface area contributed by atoms with Crippen LogP contribution in [0.2, 0.25) is 0 Å². The van der Waals surface area contributed by atoms with Crippen LogP contribution in [0.3, 0.4) is 0 Å². The van der Waals surface area contributed by atoms with E-state index in [1.54, 1.807) is 24.2 Å². The number of ether oxygens (including phenoxy) is 1. The second-order valence-corrected chi connectivity index (χ2v) is 4.56. The topological polar surface area (TPSA) is 35.0 Å². The Labute approximate surface area is 105 Å². The largest absolute Gasteiger partial charge is 0.492 e. The zero-order valence-corrected chi connectivity index (χ0v) is 10.5. The van der Waals surface area contributed by atoms with Crippen LogP contribution in [0, 0.1) is 6.92 Å². The molecule has 2 aromatic rings. The van der Waals surface area contributed by atoms with Gasteiger partial charge in [0.05, 0.1) is 6.61 Å². The summed E-state index contributed by atoms with van der Waals surface area (Å²) in [4.78, 5) is 8.27. The van der Waals surface area contributed by atoms with Gasteiger partial charge in [0.2, 0.25) is 0 Å². The van der Waals surface area contributed by atoms with Gasteiger partial charge in [0.1, 0.15) is 5.75 Å². The van der Waals surface area contributed by atoms with Gasteiger partial charge in [-0.25, -0.2) is 9.97 Å². The zero-order chi connectivity index (χ0) is 11.9. The molecule has 2 rings (SSSR count). The highest BCUT2D eigenvalue weighted by molar-refractivity contribution is 7.99. The van der Waals surface area contributed by atoms with Crippen LogP contribution in [0.5, 0.6) is 5.75 Å². The summed E-state index contributed by atoms with van der Waals surface area (Å²) < 4.78 is 5.68. The van der Waals surface area contributed by atoms with Crippen molar-refractivity contribution in [1.82, 2.24) is 9.97 Å². The number of hydrogen-bond donors (Lipinski definition) is 0. The number of aromatic nitrogens is 2. The maximum absolute atomic E-state index is 5.68. The van der Waals surface area contributed by atoms with E-state index in [4.69, 9.17) is 4.74 Å². The Bertz CT molecular complexity index is 462. The highest BCUT2D eigenvalue weighted by atomic mass is 32.2. The van der Waals surface area contributed by atoms with Crippen molar-refractivity contribution in [1.29, 1.82) is 0 Å². The Morgan fingerprint density at radius 2 is 1.88 bits per heavy atom. The van der Waals surface area contributed by atoms with Crippen molar-refractivity contribution in [3.8, 4) is 5.75 Å². The van der Waals surface area contributed by atoms with Crippen molar-refractivity contribution in [2.75, 3.05) is 12.4 Å². The fraction of sp³-hybridized carbons (Fsp3) is 0.231. The number of benzene rings is 1. The van der Waals surface area contributed by atoms with E-state index >= 15 is 0 Å². The van der Waals surface area contributed by atoms with Crippen molar-refractivity contribution in [3.05, 3.63) is 48.3 Å². The lowest BCUT2D eigenvalue weighted by Crippen LogP contribution is -2.01. The number of nitrogens with zero attached hydrogens (tertiary/aromatic N) is 2. The average Bonchev–Trinajstić information content (AvgIpc) is 2.38. The number of rotatable bonds is 5. The van der Waals surface area contributed by atoms with Gasteiger partial charge in [-0.1, -0.05) is 30.0 Å². The Kier molecular flexibility index (Phi) is 4.38. The van der Waals surface area contributed by atoms with Crippen molar-refractivity contribution in [2.24, 2.45) is 0 Å². The lowest BCUT2D eigenvalue weighted by Gasteiger charge is -2.07. The van der Waals surface area contributed by atoms with Gasteiger partial charge < -0.3 is 4.74 Å². The van der Waals surface area contributed by atoms with E-state index in [0.29, 0.717) is 6.61 Å². The van der Waals surface area contributed by atoms with E-state index in [1.165, 1.54) is 0 Å². The summed E-state index contributed by atoms with van der Waals surface area (Å²) in [6.07, 6.45) is 3.50. The average molecular weight is 246 g/mol. The molecule has 0 aliphatic carbocycles.